The smallest absolute Gasteiger partial charge is 0.243 e. The van der Waals surface area contributed by atoms with Gasteiger partial charge in [0.1, 0.15) is 5.75 Å². The third-order valence-corrected chi connectivity index (χ3v) is 7.02. The first-order chi connectivity index (χ1) is 13.4. The molecule has 0 atom stereocenters. The van der Waals surface area contributed by atoms with Gasteiger partial charge in [0.2, 0.25) is 15.9 Å². The summed E-state index contributed by atoms with van der Waals surface area (Å²) in [6, 6.07) is 14.3. The van der Waals surface area contributed by atoms with Crippen molar-refractivity contribution in [3.8, 4) is 5.75 Å². The summed E-state index contributed by atoms with van der Waals surface area (Å²) in [6.45, 7) is 3.66. The number of benzene rings is 2. The Balaban J connectivity index is 1.49. The minimum Gasteiger partial charge on any atom is -0.493 e. The molecule has 0 aliphatic carbocycles. The molecule has 1 fully saturated rings. The van der Waals surface area contributed by atoms with Crippen LogP contribution in [0.4, 0.5) is 0 Å². The van der Waals surface area contributed by atoms with Crippen molar-refractivity contribution >= 4 is 31.9 Å². The zero-order valence-corrected chi connectivity index (χ0v) is 18.1. The van der Waals surface area contributed by atoms with Crippen LogP contribution in [0.5, 0.6) is 5.75 Å². The van der Waals surface area contributed by atoms with Gasteiger partial charge < -0.3 is 9.64 Å². The van der Waals surface area contributed by atoms with Crippen molar-refractivity contribution in [3.05, 3.63) is 58.6 Å². The number of carbonyl (C=O) groups excluding carboxylic acids is 1. The SMILES string of the molecule is Cc1ccc(OCCC(=O)N2CCN(S(=O)(=O)c3cccc(Br)c3)CC2)cc1. The Morgan fingerprint density at radius 1 is 1.07 bits per heavy atom. The van der Waals surface area contributed by atoms with E-state index in [4.69, 9.17) is 4.74 Å². The van der Waals surface area contributed by atoms with E-state index in [9.17, 15) is 13.2 Å². The second-order valence-corrected chi connectivity index (χ2v) is 9.51. The Hall–Kier alpha value is -1.90. The van der Waals surface area contributed by atoms with E-state index in [2.05, 4.69) is 15.9 Å². The van der Waals surface area contributed by atoms with Gasteiger partial charge in [-0.25, -0.2) is 8.42 Å². The average Bonchev–Trinajstić information content (AvgIpc) is 2.69. The highest BCUT2D eigenvalue weighted by Crippen LogP contribution is 2.21. The van der Waals surface area contributed by atoms with E-state index in [-0.39, 0.29) is 17.2 Å². The van der Waals surface area contributed by atoms with E-state index in [1.165, 1.54) is 4.31 Å². The topological polar surface area (TPSA) is 66.9 Å². The van der Waals surface area contributed by atoms with Crippen LogP contribution in [-0.2, 0) is 14.8 Å². The van der Waals surface area contributed by atoms with Crippen LogP contribution in [0.25, 0.3) is 0 Å². The average molecular weight is 467 g/mol. The molecule has 0 saturated carbocycles. The molecule has 150 valence electrons. The van der Waals surface area contributed by atoms with Crippen LogP contribution in [0, 0.1) is 6.92 Å². The number of piperazine rings is 1. The van der Waals surface area contributed by atoms with Gasteiger partial charge in [-0.05, 0) is 37.3 Å². The quantitative estimate of drug-likeness (QED) is 0.655. The fourth-order valence-corrected chi connectivity index (χ4v) is 5.02. The summed E-state index contributed by atoms with van der Waals surface area (Å²) in [4.78, 5) is 14.3. The lowest BCUT2D eigenvalue weighted by Gasteiger charge is -2.34. The molecule has 0 unspecified atom stereocenters. The Morgan fingerprint density at radius 2 is 1.75 bits per heavy atom. The summed E-state index contributed by atoms with van der Waals surface area (Å²) >= 11 is 3.30. The summed E-state index contributed by atoms with van der Waals surface area (Å²) in [7, 11) is -3.55. The van der Waals surface area contributed by atoms with Crippen LogP contribution >= 0.6 is 15.9 Å². The number of amides is 1. The second-order valence-electron chi connectivity index (χ2n) is 6.65. The lowest BCUT2D eigenvalue weighted by molar-refractivity contribution is -0.132. The minimum absolute atomic E-state index is 0.0217. The van der Waals surface area contributed by atoms with Crippen LogP contribution < -0.4 is 4.74 Å². The predicted octanol–water partition coefficient (Wildman–Crippen LogP) is 3.06. The first kappa shape index (κ1) is 20.8. The van der Waals surface area contributed by atoms with Gasteiger partial charge in [-0.3, -0.25) is 4.79 Å². The summed E-state index contributed by atoms with van der Waals surface area (Å²) in [5.74, 6) is 0.718. The molecule has 0 spiro atoms. The second kappa shape index (κ2) is 9.07. The van der Waals surface area contributed by atoms with E-state index in [0.29, 0.717) is 32.8 Å². The van der Waals surface area contributed by atoms with Gasteiger partial charge in [0.05, 0.1) is 17.9 Å². The number of nitrogens with zero attached hydrogens (tertiary/aromatic N) is 2. The van der Waals surface area contributed by atoms with E-state index in [1.807, 2.05) is 31.2 Å². The fraction of sp³-hybridized carbons (Fsp3) is 0.350. The van der Waals surface area contributed by atoms with E-state index >= 15 is 0 Å². The standard InChI is InChI=1S/C20H23BrN2O4S/c1-16-5-7-18(8-6-16)27-14-9-20(24)22-10-12-23(13-11-22)28(25,26)19-4-2-3-17(21)15-19/h2-8,15H,9-14H2,1H3. The molecule has 1 amide bonds. The first-order valence-electron chi connectivity index (χ1n) is 9.09. The van der Waals surface area contributed by atoms with Gasteiger partial charge in [-0.2, -0.15) is 4.31 Å². The van der Waals surface area contributed by atoms with Gasteiger partial charge in [0.25, 0.3) is 0 Å². The molecule has 6 nitrogen and oxygen atoms in total. The van der Waals surface area contributed by atoms with E-state index in [0.717, 1.165) is 15.8 Å². The summed E-state index contributed by atoms with van der Waals surface area (Å²) in [6.07, 6.45) is 0.270. The summed E-state index contributed by atoms with van der Waals surface area (Å²) in [5.41, 5.74) is 1.15. The number of hydrogen-bond donors (Lipinski definition) is 0. The first-order valence-corrected chi connectivity index (χ1v) is 11.3. The molecule has 8 heteroatoms. The van der Waals surface area contributed by atoms with Crippen molar-refractivity contribution in [1.82, 2.24) is 9.21 Å². The number of sulfonamides is 1. The highest BCUT2D eigenvalue weighted by atomic mass is 79.9. The van der Waals surface area contributed by atoms with Crippen molar-refractivity contribution in [1.29, 1.82) is 0 Å². The van der Waals surface area contributed by atoms with Crippen LogP contribution in [0.3, 0.4) is 0 Å². The van der Waals surface area contributed by atoms with Gasteiger partial charge in [0, 0.05) is 30.7 Å². The Bertz CT molecular complexity index is 923. The lowest BCUT2D eigenvalue weighted by atomic mass is 10.2. The van der Waals surface area contributed by atoms with Crippen LogP contribution in [0.2, 0.25) is 0 Å². The number of carbonyl (C=O) groups is 1. The minimum atomic E-state index is -3.55. The molecule has 28 heavy (non-hydrogen) atoms. The Kier molecular flexibility index (Phi) is 6.74. The Morgan fingerprint density at radius 3 is 2.39 bits per heavy atom. The normalized spacial score (nSPS) is 15.4. The molecule has 0 radical (unpaired) electrons. The molecule has 0 bridgehead atoms. The zero-order chi connectivity index (χ0) is 20.1. The monoisotopic (exact) mass is 466 g/mol. The zero-order valence-electron chi connectivity index (χ0n) is 15.7. The van der Waals surface area contributed by atoms with Gasteiger partial charge in [0.15, 0.2) is 0 Å². The van der Waals surface area contributed by atoms with Crippen LogP contribution in [-0.4, -0.2) is 56.3 Å². The summed E-state index contributed by atoms with van der Waals surface area (Å²) < 4.78 is 33.3. The van der Waals surface area contributed by atoms with Gasteiger partial charge in [-0.1, -0.05) is 39.7 Å². The molecular formula is C20H23BrN2O4S. The number of halogens is 1. The maximum atomic E-state index is 12.8. The van der Waals surface area contributed by atoms with E-state index < -0.39 is 10.0 Å². The highest BCUT2D eigenvalue weighted by Gasteiger charge is 2.30. The molecule has 1 saturated heterocycles. The Labute approximate surface area is 174 Å². The predicted molar refractivity (Wildman–Crippen MR) is 111 cm³/mol. The van der Waals surface area contributed by atoms with Crippen molar-refractivity contribution in [3.63, 3.8) is 0 Å². The third-order valence-electron chi connectivity index (χ3n) is 4.63. The van der Waals surface area contributed by atoms with Gasteiger partial charge in [-0.15, -0.1) is 0 Å². The van der Waals surface area contributed by atoms with E-state index in [1.54, 1.807) is 29.2 Å². The maximum Gasteiger partial charge on any atom is 0.243 e. The lowest BCUT2D eigenvalue weighted by Crippen LogP contribution is -2.50. The van der Waals surface area contributed by atoms with Crippen LogP contribution in [0.15, 0.2) is 57.9 Å². The fourth-order valence-electron chi connectivity index (χ4n) is 3.00. The largest absolute Gasteiger partial charge is 0.493 e. The maximum absolute atomic E-state index is 12.8. The molecule has 1 heterocycles. The highest BCUT2D eigenvalue weighted by molar-refractivity contribution is 9.10. The van der Waals surface area contributed by atoms with Gasteiger partial charge >= 0.3 is 0 Å². The summed E-state index contributed by atoms with van der Waals surface area (Å²) in [5, 5.41) is 0. The number of hydrogen-bond acceptors (Lipinski definition) is 4. The molecular weight excluding hydrogens is 444 g/mol. The number of aryl methyl sites for hydroxylation is 1. The van der Waals surface area contributed by atoms with Crippen molar-refractivity contribution < 1.29 is 17.9 Å². The molecule has 0 aromatic heterocycles. The molecule has 2 aromatic rings. The molecule has 2 aromatic carbocycles. The number of ether oxygens (including phenoxy) is 1. The molecule has 1 aliphatic rings. The third kappa shape index (κ3) is 5.12. The molecule has 3 rings (SSSR count). The molecule has 1 aliphatic heterocycles. The van der Waals surface area contributed by atoms with Crippen molar-refractivity contribution in [2.24, 2.45) is 0 Å². The van der Waals surface area contributed by atoms with Crippen molar-refractivity contribution in [2.45, 2.75) is 18.2 Å². The molecule has 0 N–H and O–H groups in total. The van der Waals surface area contributed by atoms with Crippen molar-refractivity contribution in [2.75, 3.05) is 32.8 Å². The number of rotatable bonds is 6. The van der Waals surface area contributed by atoms with Crippen LogP contribution in [0.1, 0.15) is 12.0 Å².